The molecular formula is C36H24N4O. The molecule has 8 aromatic rings. The SMILES string of the molecule is c1ccc(N(c2ccccc2)c2ccc3c(c2)c2ccccc2n3-c2ccc(-c3nc4cccnc4o3)cc2)cc1. The smallest absolute Gasteiger partial charge is 0.247 e. The second-order valence-electron chi connectivity index (χ2n) is 9.95. The zero-order valence-corrected chi connectivity index (χ0v) is 22.1. The summed E-state index contributed by atoms with van der Waals surface area (Å²) >= 11 is 0. The highest BCUT2D eigenvalue weighted by atomic mass is 16.4. The first-order chi connectivity index (χ1) is 20.3. The van der Waals surface area contributed by atoms with Crippen LogP contribution >= 0.6 is 0 Å². The van der Waals surface area contributed by atoms with E-state index in [-0.39, 0.29) is 0 Å². The highest BCUT2D eigenvalue weighted by molar-refractivity contribution is 6.10. The molecule has 5 nitrogen and oxygen atoms in total. The quantitative estimate of drug-likeness (QED) is 0.223. The number of benzene rings is 5. The first-order valence-corrected chi connectivity index (χ1v) is 13.6. The second kappa shape index (κ2) is 9.50. The number of oxazole rings is 1. The summed E-state index contributed by atoms with van der Waals surface area (Å²) in [6, 6.07) is 48.5. The largest absolute Gasteiger partial charge is 0.418 e. The minimum absolute atomic E-state index is 0.546. The topological polar surface area (TPSA) is 47.1 Å². The average Bonchev–Trinajstić information content (AvgIpc) is 3.62. The standard InChI is InChI=1S/C36H24N4O/c1-3-10-26(11-4-1)39(27-12-5-2-6-13-27)29-21-22-34-31(24-29)30-14-7-8-16-33(30)40(34)28-19-17-25(18-20-28)35-38-32-15-9-23-37-36(32)41-35/h1-24H. The second-order valence-corrected chi connectivity index (χ2v) is 9.95. The molecule has 0 N–H and O–H groups in total. The van der Waals surface area contributed by atoms with Gasteiger partial charge in [-0.1, -0.05) is 54.6 Å². The Hall–Kier alpha value is -5.68. The molecule has 5 heteroatoms. The van der Waals surface area contributed by atoms with Crippen LogP contribution in [0.15, 0.2) is 150 Å². The molecule has 0 unspecified atom stereocenters. The summed E-state index contributed by atoms with van der Waals surface area (Å²) in [4.78, 5) is 11.2. The fraction of sp³-hybridized carbons (Fsp3) is 0. The Labute approximate surface area is 236 Å². The fourth-order valence-electron chi connectivity index (χ4n) is 5.63. The fourth-order valence-corrected chi connectivity index (χ4v) is 5.63. The maximum Gasteiger partial charge on any atom is 0.247 e. The molecule has 0 aliphatic heterocycles. The van der Waals surface area contributed by atoms with Gasteiger partial charge in [0.25, 0.3) is 0 Å². The third kappa shape index (κ3) is 3.95. The van der Waals surface area contributed by atoms with Crippen molar-refractivity contribution in [3.8, 4) is 17.1 Å². The van der Waals surface area contributed by atoms with Crippen LogP contribution in [0.2, 0.25) is 0 Å². The third-order valence-corrected chi connectivity index (χ3v) is 7.48. The minimum atomic E-state index is 0.546. The van der Waals surface area contributed by atoms with Gasteiger partial charge in [-0.3, -0.25) is 0 Å². The summed E-state index contributed by atoms with van der Waals surface area (Å²) in [7, 11) is 0. The van der Waals surface area contributed by atoms with E-state index in [2.05, 4.69) is 147 Å². The van der Waals surface area contributed by atoms with Gasteiger partial charge in [0.15, 0.2) is 0 Å². The Balaban J connectivity index is 1.27. The van der Waals surface area contributed by atoms with E-state index in [0.717, 1.165) is 44.9 Å². The monoisotopic (exact) mass is 528 g/mol. The highest BCUT2D eigenvalue weighted by Crippen LogP contribution is 2.39. The first-order valence-electron chi connectivity index (χ1n) is 13.6. The summed E-state index contributed by atoms with van der Waals surface area (Å²) < 4.78 is 8.22. The normalized spacial score (nSPS) is 11.4. The Bertz CT molecular complexity index is 2070. The van der Waals surface area contributed by atoms with Crippen LogP contribution in [0.25, 0.3) is 50.2 Å². The van der Waals surface area contributed by atoms with Gasteiger partial charge >= 0.3 is 0 Å². The van der Waals surface area contributed by atoms with E-state index in [4.69, 9.17) is 4.42 Å². The summed E-state index contributed by atoms with van der Waals surface area (Å²) in [6.45, 7) is 0. The lowest BCUT2D eigenvalue weighted by Gasteiger charge is -2.25. The predicted molar refractivity (Wildman–Crippen MR) is 166 cm³/mol. The molecule has 8 rings (SSSR count). The van der Waals surface area contributed by atoms with E-state index < -0.39 is 0 Å². The molecule has 0 bridgehead atoms. The molecule has 194 valence electrons. The molecule has 0 aliphatic carbocycles. The Morgan fingerprint density at radius 2 is 1.24 bits per heavy atom. The van der Waals surface area contributed by atoms with Crippen molar-refractivity contribution in [2.24, 2.45) is 0 Å². The van der Waals surface area contributed by atoms with E-state index in [0.29, 0.717) is 11.6 Å². The zero-order valence-electron chi connectivity index (χ0n) is 22.1. The zero-order chi connectivity index (χ0) is 27.2. The summed E-state index contributed by atoms with van der Waals surface area (Å²) in [5.41, 5.74) is 8.94. The lowest BCUT2D eigenvalue weighted by molar-refractivity contribution is 0.608. The lowest BCUT2D eigenvalue weighted by atomic mass is 10.1. The van der Waals surface area contributed by atoms with Crippen molar-refractivity contribution >= 4 is 50.1 Å². The van der Waals surface area contributed by atoms with Crippen LogP contribution in [0, 0.1) is 0 Å². The van der Waals surface area contributed by atoms with Crippen molar-refractivity contribution in [1.29, 1.82) is 0 Å². The van der Waals surface area contributed by atoms with Crippen molar-refractivity contribution in [2.45, 2.75) is 0 Å². The van der Waals surface area contributed by atoms with Crippen LogP contribution in [0.1, 0.15) is 0 Å². The molecule has 0 spiro atoms. The molecule has 0 amide bonds. The Morgan fingerprint density at radius 3 is 1.98 bits per heavy atom. The maximum absolute atomic E-state index is 5.90. The highest BCUT2D eigenvalue weighted by Gasteiger charge is 2.17. The Kier molecular flexibility index (Phi) is 5.38. The number of anilines is 3. The number of nitrogens with zero attached hydrogens (tertiary/aromatic N) is 4. The number of rotatable bonds is 5. The first kappa shape index (κ1) is 23.2. The molecule has 3 aromatic heterocycles. The molecule has 41 heavy (non-hydrogen) atoms. The summed E-state index contributed by atoms with van der Waals surface area (Å²) in [6.07, 6.45) is 1.72. The van der Waals surface area contributed by atoms with Crippen LogP contribution in [-0.4, -0.2) is 14.5 Å². The number of para-hydroxylation sites is 3. The molecular weight excluding hydrogens is 504 g/mol. The molecule has 0 radical (unpaired) electrons. The predicted octanol–water partition coefficient (Wildman–Crippen LogP) is 9.46. The van der Waals surface area contributed by atoms with E-state index in [9.17, 15) is 0 Å². The van der Waals surface area contributed by atoms with E-state index in [1.165, 1.54) is 10.8 Å². The summed E-state index contributed by atoms with van der Waals surface area (Å²) in [5, 5.41) is 2.41. The Morgan fingerprint density at radius 1 is 0.561 bits per heavy atom. The van der Waals surface area contributed by atoms with Gasteiger partial charge in [0, 0.05) is 45.3 Å². The number of hydrogen-bond acceptors (Lipinski definition) is 4. The van der Waals surface area contributed by atoms with Gasteiger partial charge in [0.05, 0.1) is 11.0 Å². The molecule has 0 aliphatic rings. The van der Waals surface area contributed by atoms with Crippen LogP contribution in [0.3, 0.4) is 0 Å². The number of fused-ring (bicyclic) bond motifs is 4. The van der Waals surface area contributed by atoms with Gasteiger partial charge < -0.3 is 13.9 Å². The molecule has 0 atom stereocenters. The molecule has 3 heterocycles. The van der Waals surface area contributed by atoms with Crippen LogP contribution in [0.4, 0.5) is 17.1 Å². The van der Waals surface area contributed by atoms with Crippen LogP contribution in [0.5, 0.6) is 0 Å². The third-order valence-electron chi connectivity index (χ3n) is 7.48. The van der Waals surface area contributed by atoms with Crippen molar-refractivity contribution in [3.63, 3.8) is 0 Å². The molecule has 0 saturated heterocycles. The number of pyridine rings is 1. The summed E-state index contributed by atoms with van der Waals surface area (Å²) in [5.74, 6) is 0.569. The lowest BCUT2D eigenvalue weighted by Crippen LogP contribution is -2.09. The van der Waals surface area contributed by atoms with E-state index >= 15 is 0 Å². The van der Waals surface area contributed by atoms with Crippen molar-refractivity contribution < 1.29 is 4.42 Å². The van der Waals surface area contributed by atoms with Gasteiger partial charge in [-0.15, -0.1) is 0 Å². The van der Waals surface area contributed by atoms with Crippen molar-refractivity contribution in [3.05, 3.63) is 146 Å². The van der Waals surface area contributed by atoms with Gasteiger partial charge in [0.1, 0.15) is 5.52 Å². The van der Waals surface area contributed by atoms with Crippen LogP contribution in [-0.2, 0) is 0 Å². The number of hydrogen-bond donors (Lipinski definition) is 0. The van der Waals surface area contributed by atoms with Gasteiger partial charge in [-0.2, -0.15) is 0 Å². The van der Waals surface area contributed by atoms with Crippen molar-refractivity contribution in [1.82, 2.24) is 14.5 Å². The average molecular weight is 529 g/mol. The molecule has 0 fully saturated rings. The van der Waals surface area contributed by atoms with Gasteiger partial charge in [-0.25, -0.2) is 9.97 Å². The van der Waals surface area contributed by atoms with Gasteiger partial charge in [0.2, 0.25) is 11.6 Å². The van der Waals surface area contributed by atoms with Crippen LogP contribution < -0.4 is 4.90 Å². The van der Waals surface area contributed by atoms with Crippen molar-refractivity contribution in [2.75, 3.05) is 4.90 Å². The molecule has 5 aromatic carbocycles. The molecule has 0 saturated carbocycles. The van der Waals surface area contributed by atoms with E-state index in [1.54, 1.807) is 6.20 Å². The minimum Gasteiger partial charge on any atom is -0.418 e. The van der Waals surface area contributed by atoms with Gasteiger partial charge in [-0.05, 0) is 84.9 Å². The number of aromatic nitrogens is 3. The van der Waals surface area contributed by atoms with E-state index in [1.807, 2.05) is 12.1 Å². The maximum atomic E-state index is 5.90.